The molecule has 7 nitrogen and oxygen atoms in total. The number of carbonyl (C=O) groups is 1. The van der Waals surface area contributed by atoms with Crippen LogP contribution in [0.5, 0.6) is 0 Å². The average molecular weight is 406 g/mol. The maximum absolute atomic E-state index is 11.8. The predicted octanol–water partition coefficient (Wildman–Crippen LogP) is 3.55. The maximum Gasteiger partial charge on any atom is 0.336 e. The number of fused-ring (bicyclic) bond motifs is 1. The van der Waals surface area contributed by atoms with E-state index in [0.717, 1.165) is 29.5 Å². The van der Waals surface area contributed by atoms with Gasteiger partial charge in [0, 0.05) is 35.2 Å². The molecule has 0 saturated carbocycles. The monoisotopic (exact) mass is 405 g/mol. The number of rotatable bonds is 5. The molecular weight excluding hydrogens is 390 g/mol. The van der Waals surface area contributed by atoms with Gasteiger partial charge in [0.25, 0.3) is 5.22 Å². The molecule has 1 saturated heterocycles. The van der Waals surface area contributed by atoms with E-state index in [2.05, 4.69) is 10.2 Å². The zero-order valence-electron chi connectivity index (χ0n) is 14.5. The summed E-state index contributed by atoms with van der Waals surface area (Å²) in [6, 6.07) is 5.00. The fourth-order valence-electron chi connectivity index (χ4n) is 3.00. The van der Waals surface area contributed by atoms with E-state index in [0.29, 0.717) is 40.4 Å². The molecule has 3 aromatic rings. The summed E-state index contributed by atoms with van der Waals surface area (Å²) in [5, 5.41) is 9.78. The Bertz CT molecular complexity index is 1080. The minimum Gasteiger partial charge on any atom is -0.423 e. The van der Waals surface area contributed by atoms with Crippen LogP contribution in [-0.4, -0.2) is 27.5 Å². The maximum atomic E-state index is 11.8. The predicted molar refractivity (Wildman–Crippen MR) is 101 cm³/mol. The Morgan fingerprint density at radius 2 is 2.07 bits per heavy atom. The first kappa shape index (κ1) is 18.1. The van der Waals surface area contributed by atoms with Gasteiger partial charge < -0.3 is 13.7 Å². The molecule has 0 radical (unpaired) electrons. The van der Waals surface area contributed by atoms with Gasteiger partial charge in [-0.05, 0) is 36.6 Å². The Balaban J connectivity index is 1.51. The number of thioether (sulfide) groups is 1. The second kappa shape index (κ2) is 7.36. The van der Waals surface area contributed by atoms with Crippen molar-refractivity contribution in [3.05, 3.63) is 50.7 Å². The molecule has 27 heavy (non-hydrogen) atoms. The minimum atomic E-state index is -0.418. The molecule has 1 amide bonds. The van der Waals surface area contributed by atoms with Crippen LogP contribution in [0.15, 0.2) is 37.1 Å². The van der Waals surface area contributed by atoms with Gasteiger partial charge in [-0.3, -0.25) is 4.79 Å². The van der Waals surface area contributed by atoms with E-state index in [1.165, 1.54) is 17.8 Å². The third-order valence-corrected chi connectivity index (χ3v) is 5.68. The third kappa shape index (κ3) is 3.86. The lowest BCUT2D eigenvalue weighted by atomic mass is 10.1. The zero-order valence-corrected chi connectivity index (χ0v) is 16.1. The SMILES string of the molecule is Cc1cc2oc(=O)cc(CSc3nnc(CN4CCCC4=O)o3)c2cc1Cl. The molecule has 140 valence electrons. The van der Waals surface area contributed by atoms with E-state index in [1.54, 1.807) is 17.0 Å². The van der Waals surface area contributed by atoms with Crippen molar-refractivity contribution in [3.63, 3.8) is 0 Å². The van der Waals surface area contributed by atoms with Crippen molar-refractivity contribution in [2.24, 2.45) is 0 Å². The van der Waals surface area contributed by atoms with Crippen molar-refractivity contribution < 1.29 is 13.6 Å². The number of aryl methyl sites for hydroxylation is 1. The third-order valence-electron chi connectivity index (χ3n) is 4.41. The summed E-state index contributed by atoms with van der Waals surface area (Å²) in [5.41, 5.74) is 1.70. The van der Waals surface area contributed by atoms with Gasteiger partial charge in [0.2, 0.25) is 11.8 Å². The van der Waals surface area contributed by atoms with Crippen LogP contribution in [0.25, 0.3) is 11.0 Å². The molecule has 0 bridgehead atoms. The van der Waals surface area contributed by atoms with Crippen LogP contribution in [0.4, 0.5) is 0 Å². The summed E-state index contributed by atoms with van der Waals surface area (Å²) in [7, 11) is 0. The van der Waals surface area contributed by atoms with E-state index >= 15 is 0 Å². The molecule has 1 aromatic carbocycles. The van der Waals surface area contributed by atoms with Gasteiger partial charge in [0.15, 0.2) is 0 Å². The largest absolute Gasteiger partial charge is 0.423 e. The van der Waals surface area contributed by atoms with Gasteiger partial charge >= 0.3 is 5.63 Å². The van der Waals surface area contributed by atoms with E-state index in [4.69, 9.17) is 20.4 Å². The summed E-state index contributed by atoms with van der Waals surface area (Å²) < 4.78 is 10.9. The average Bonchev–Trinajstić information content (AvgIpc) is 3.24. The van der Waals surface area contributed by atoms with E-state index in [-0.39, 0.29) is 5.91 Å². The van der Waals surface area contributed by atoms with Crippen LogP contribution in [-0.2, 0) is 17.1 Å². The lowest BCUT2D eigenvalue weighted by Gasteiger charge is -2.11. The van der Waals surface area contributed by atoms with Gasteiger partial charge in [-0.15, -0.1) is 10.2 Å². The highest BCUT2D eigenvalue weighted by molar-refractivity contribution is 7.98. The Morgan fingerprint density at radius 1 is 1.22 bits per heavy atom. The van der Waals surface area contributed by atoms with Gasteiger partial charge in [-0.2, -0.15) is 0 Å². The van der Waals surface area contributed by atoms with Gasteiger partial charge in [-0.1, -0.05) is 23.4 Å². The normalized spacial score (nSPS) is 14.4. The molecule has 1 fully saturated rings. The fourth-order valence-corrected chi connectivity index (χ4v) is 3.94. The molecule has 1 aliphatic heterocycles. The Labute approximate surface area is 163 Å². The number of carbonyl (C=O) groups excluding carboxylic acids is 1. The molecule has 0 spiro atoms. The number of aromatic nitrogens is 2. The van der Waals surface area contributed by atoms with Crippen LogP contribution in [0, 0.1) is 6.92 Å². The minimum absolute atomic E-state index is 0.108. The van der Waals surface area contributed by atoms with Crippen molar-refractivity contribution in [2.45, 2.75) is 37.3 Å². The number of halogens is 1. The molecule has 1 aliphatic rings. The second-order valence-corrected chi connectivity index (χ2v) is 7.69. The first-order valence-electron chi connectivity index (χ1n) is 8.45. The number of benzene rings is 1. The molecule has 0 N–H and O–H groups in total. The number of hydrogen-bond donors (Lipinski definition) is 0. The van der Waals surface area contributed by atoms with Crippen LogP contribution >= 0.6 is 23.4 Å². The second-order valence-electron chi connectivity index (χ2n) is 6.36. The molecule has 9 heteroatoms. The van der Waals surface area contributed by atoms with Crippen LogP contribution in [0.1, 0.15) is 29.9 Å². The highest BCUT2D eigenvalue weighted by Crippen LogP contribution is 2.29. The van der Waals surface area contributed by atoms with Crippen molar-refractivity contribution in [3.8, 4) is 0 Å². The molecule has 0 aliphatic carbocycles. The molecule has 0 unspecified atom stereocenters. The standard InChI is InChI=1S/C18H16ClN3O4S/c1-10-5-14-12(7-13(10)19)11(6-17(24)25-14)9-27-18-21-20-15(26-18)8-22-4-2-3-16(22)23/h5-7H,2-4,8-9H2,1H3. The topological polar surface area (TPSA) is 89.4 Å². The van der Waals surface area contributed by atoms with E-state index in [9.17, 15) is 9.59 Å². The summed E-state index contributed by atoms with van der Waals surface area (Å²) in [5.74, 6) is 0.965. The van der Waals surface area contributed by atoms with Gasteiger partial charge in [-0.25, -0.2) is 4.79 Å². The summed E-state index contributed by atoms with van der Waals surface area (Å²) >= 11 is 7.53. The summed E-state index contributed by atoms with van der Waals surface area (Å²) in [6.45, 7) is 2.91. The van der Waals surface area contributed by atoms with Crippen molar-refractivity contribution >= 4 is 40.2 Å². The van der Waals surface area contributed by atoms with Crippen LogP contribution in [0.2, 0.25) is 5.02 Å². The van der Waals surface area contributed by atoms with Crippen molar-refractivity contribution in [1.82, 2.24) is 15.1 Å². The number of hydrogen-bond acceptors (Lipinski definition) is 7. The van der Waals surface area contributed by atoms with Crippen molar-refractivity contribution in [2.75, 3.05) is 6.54 Å². The van der Waals surface area contributed by atoms with Crippen LogP contribution in [0.3, 0.4) is 0 Å². The molecule has 0 atom stereocenters. The Hall–Kier alpha value is -2.32. The lowest BCUT2D eigenvalue weighted by Crippen LogP contribution is -2.23. The first-order valence-corrected chi connectivity index (χ1v) is 9.82. The fraction of sp³-hybridized carbons (Fsp3) is 0.333. The Morgan fingerprint density at radius 3 is 2.85 bits per heavy atom. The highest BCUT2D eigenvalue weighted by atomic mass is 35.5. The first-order chi connectivity index (χ1) is 13.0. The van der Waals surface area contributed by atoms with E-state index in [1.807, 2.05) is 6.92 Å². The molecule has 4 rings (SSSR count). The quantitative estimate of drug-likeness (QED) is 0.473. The molecule has 3 heterocycles. The number of amides is 1. The van der Waals surface area contributed by atoms with Gasteiger partial charge in [0.05, 0.1) is 6.54 Å². The zero-order chi connectivity index (χ0) is 19.0. The number of nitrogens with zero attached hydrogens (tertiary/aromatic N) is 3. The van der Waals surface area contributed by atoms with Crippen LogP contribution < -0.4 is 5.63 Å². The highest BCUT2D eigenvalue weighted by Gasteiger charge is 2.22. The molecule has 2 aromatic heterocycles. The van der Waals surface area contributed by atoms with Crippen molar-refractivity contribution in [1.29, 1.82) is 0 Å². The smallest absolute Gasteiger partial charge is 0.336 e. The summed E-state index contributed by atoms with van der Waals surface area (Å²) in [6.07, 6.45) is 1.43. The molecular formula is C18H16ClN3O4S. The number of likely N-dealkylation sites (tertiary alicyclic amines) is 1. The van der Waals surface area contributed by atoms with Gasteiger partial charge in [0.1, 0.15) is 5.58 Å². The lowest BCUT2D eigenvalue weighted by molar-refractivity contribution is -0.128. The Kier molecular flexibility index (Phi) is 4.92. The van der Waals surface area contributed by atoms with E-state index < -0.39 is 5.63 Å². The summed E-state index contributed by atoms with van der Waals surface area (Å²) in [4.78, 5) is 25.2.